The second kappa shape index (κ2) is 4.67. The third-order valence-corrected chi connectivity index (χ3v) is 3.17. The van der Waals surface area contributed by atoms with Crippen LogP contribution in [0.4, 0.5) is 15.8 Å². The quantitative estimate of drug-likeness (QED) is 0.879. The maximum Gasteiger partial charge on any atom is 0.251 e. The lowest BCUT2D eigenvalue weighted by Crippen LogP contribution is -2.19. The van der Waals surface area contributed by atoms with E-state index >= 15 is 0 Å². The average Bonchev–Trinajstić information content (AvgIpc) is 2.76. The minimum absolute atomic E-state index is 0.227. The number of nitrogens with one attached hydrogen (secondary N) is 2. The van der Waals surface area contributed by atoms with Crippen molar-refractivity contribution in [2.24, 2.45) is 0 Å². The highest BCUT2D eigenvalue weighted by Gasteiger charge is 2.30. The number of anilines is 2. The van der Waals surface area contributed by atoms with Gasteiger partial charge in [-0.2, -0.15) is 5.26 Å². The lowest BCUT2D eigenvalue weighted by atomic mass is 10.1. The summed E-state index contributed by atoms with van der Waals surface area (Å²) in [6.07, 6.45) is 0. The number of nitriles is 1. The summed E-state index contributed by atoms with van der Waals surface area (Å²) in [5.74, 6) is -0.609. The van der Waals surface area contributed by atoms with Gasteiger partial charge in [0, 0.05) is 16.9 Å². The van der Waals surface area contributed by atoms with Crippen LogP contribution < -0.4 is 10.6 Å². The van der Waals surface area contributed by atoms with Gasteiger partial charge in [0.15, 0.2) is 0 Å². The molecule has 3 rings (SSSR count). The molecule has 2 aromatic rings. The Labute approximate surface area is 114 Å². The Balaban J connectivity index is 1.89. The van der Waals surface area contributed by atoms with Gasteiger partial charge in [0.25, 0.3) is 5.91 Å². The highest BCUT2D eigenvalue weighted by molar-refractivity contribution is 6.04. The van der Waals surface area contributed by atoms with E-state index in [2.05, 4.69) is 10.6 Å². The summed E-state index contributed by atoms with van der Waals surface area (Å²) >= 11 is 0. The predicted octanol–water partition coefficient (Wildman–Crippen LogP) is 2.80. The zero-order valence-corrected chi connectivity index (χ0v) is 10.4. The van der Waals surface area contributed by atoms with Gasteiger partial charge >= 0.3 is 0 Å². The number of amides is 1. The van der Waals surface area contributed by atoms with E-state index in [0.29, 0.717) is 22.5 Å². The van der Waals surface area contributed by atoms with Gasteiger partial charge in [-0.3, -0.25) is 4.79 Å². The smallest absolute Gasteiger partial charge is 0.251 e. The first-order chi connectivity index (χ1) is 9.67. The van der Waals surface area contributed by atoms with E-state index in [0.717, 1.165) is 0 Å². The standard InChI is InChI=1S/C15H10FN3O/c16-10-3-6-13-12(7-10)14(15(20)19-13)18-11-4-1-9(8-17)2-5-11/h1-7,14,18H,(H,19,20). The fraction of sp³-hybridized carbons (Fsp3) is 0.0667. The van der Waals surface area contributed by atoms with Crippen molar-refractivity contribution >= 4 is 17.3 Å². The van der Waals surface area contributed by atoms with Crippen molar-refractivity contribution < 1.29 is 9.18 Å². The van der Waals surface area contributed by atoms with Crippen molar-refractivity contribution in [3.63, 3.8) is 0 Å². The van der Waals surface area contributed by atoms with Gasteiger partial charge in [-0.25, -0.2) is 4.39 Å². The largest absolute Gasteiger partial charge is 0.370 e. The maximum absolute atomic E-state index is 13.3. The molecule has 0 aliphatic carbocycles. The normalized spacial score (nSPS) is 16.2. The highest BCUT2D eigenvalue weighted by Crippen LogP contribution is 2.33. The zero-order valence-electron chi connectivity index (χ0n) is 10.4. The van der Waals surface area contributed by atoms with Gasteiger partial charge in [0.05, 0.1) is 11.6 Å². The van der Waals surface area contributed by atoms with E-state index in [9.17, 15) is 9.18 Å². The molecule has 0 bridgehead atoms. The SMILES string of the molecule is N#Cc1ccc(NC2C(=O)Nc3ccc(F)cc32)cc1. The summed E-state index contributed by atoms with van der Waals surface area (Å²) in [4.78, 5) is 11.9. The number of halogens is 1. The Morgan fingerprint density at radius 2 is 1.95 bits per heavy atom. The lowest BCUT2D eigenvalue weighted by molar-refractivity contribution is -0.116. The summed E-state index contributed by atoms with van der Waals surface area (Å²) in [7, 11) is 0. The van der Waals surface area contributed by atoms with Crippen molar-refractivity contribution in [3.05, 3.63) is 59.4 Å². The van der Waals surface area contributed by atoms with E-state index in [1.807, 2.05) is 6.07 Å². The van der Waals surface area contributed by atoms with E-state index < -0.39 is 6.04 Å². The van der Waals surface area contributed by atoms with Crippen LogP contribution in [0.2, 0.25) is 0 Å². The lowest BCUT2D eigenvalue weighted by Gasteiger charge is -2.13. The molecule has 1 amide bonds. The van der Waals surface area contributed by atoms with Crippen molar-refractivity contribution in [3.8, 4) is 6.07 Å². The molecule has 0 saturated heterocycles. The second-order valence-corrected chi connectivity index (χ2v) is 4.49. The predicted molar refractivity (Wildman–Crippen MR) is 72.6 cm³/mol. The van der Waals surface area contributed by atoms with Crippen LogP contribution in [0.15, 0.2) is 42.5 Å². The number of fused-ring (bicyclic) bond motifs is 1. The first-order valence-electron chi connectivity index (χ1n) is 6.04. The van der Waals surface area contributed by atoms with Crippen molar-refractivity contribution in [1.29, 1.82) is 5.26 Å². The molecule has 1 aliphatic rings. The number of benzene rings is 2. The molecular formula is C15H10FN3O. The molecule has 0 aromatic heterocycles. The van der Waals surface area contributed by atoms with Crippen LogP contribution in [0.3, 0.4) is 0 Å². The summed E-state index contributed by atoms with van der Waals surface area (Å²) in [5, 5.41) is 14.5. The molecule has 0 fully saturated rings. The number of carbonyl (C=O) groups excluding carboxylic acids is 1. The van der Waals surface area contributed by atoms with Gasteiger partial charge in [0.1, 0.15) is 11.9 Å². The molecule has 4 nitrogen and oxygen atoms in total. The van der Waals surface area contributed by atoms with E-state index in [1.54, 1.807) is 30.3 Å². The molecule has 5 heteroatoms. The van der Waals surface area contributed by atoms with Crippen LogP contribution in [-0.4, -0.2) is 5.91 Å². The molecule has 98 valence electrons. The van der Waals surface area contributed by atoms with Crippen LogP contribution in [0.1, 0.15) is 17.2 Å². The minimum atomic E-state index is -0.631. The van der Waals surface area contributed by atoms with Crippen LogP contribution in [0.5, 0.6) is 0 Å². The maximum atomic E-state index is 13.3. The number of carbonyl (C=O) groups is 1. The van der Waals surface area contributed by atoms with Crippen molar-refractivity contribution in [2.45, 2.75) is 6.04 Å². The third-order valence-electron chi connectivity index (χ3n) is 3.17. The molecule has 0 saturated carbocycles. The molecular weight excluding hydrogens is 257 g/mol. The molecule has 0 radical (unpaired) electrons. The zero-order chi connectivity index (χ0) is 14.1. The van der Waals surface area contributed by atoms with Crippen molar-refractivity contribution in [1.82, 2.24) is 0 Å². The third kappa shape index (κ3) is 2.08. The molecule has 2 N–H and O–H groups in total. The molecule has 20 heavy (non-hydrogen) atoms. The second-order valence-electron chi connectivity index (χ2n) is 4.49. The summed E-state index contributed by atoms with van der Waals surface area (Å²) in [5.41, 5.74) is 2.43. The number of hydrogen-bond donors (Lipinski definition) is 2. The molecule has 1 unspecified atom stereocenters. The average molecular weight is 267 g/mol. The fourth-order valence-electron chi connectivity index (χ4n) is 2.18. The van der Waals surface area contributed by atoms with Crippen LogP contribution in [0.25, 0.3) is 0 Å². The number of nitrogens with zero attached hydrogens (tertiary/aromatic N) is 1. The molecule has 1 heterocycles. The molecule has 0 spiro atoms. The Bertz CT molecular complexity index is 719. The van der Waals surface area contributed by atoms with Crippen LogP contribution >= 0.6 is 0 Å². The van der Waals surface area contributed by atoms with Gasteiger partial charge in [-0.15, -0.1) is 0 Å². The van der Waals surface area contributed by atoms with E-state index in [-0.39, 0.29) is 11.7 Å². The van der Waals surface area contributed by atoms with E-state index in [1.165, 1.54) is 12.1 Å². The van der Waals surface area contributed by atoms with Gasteiger partial charge < -0.3 is 10.6 Å². The van der Waals surface area contributed by atoms with Gasteiger partial charge in [-0.1, -0.05) is 0 Å². The van der Waals surface area contributed by atoms with Gasteiger partial charge in [0.2, 0.25) is 0 Å². The molecule has 2 aromatic carbocycles. The Morgan fingerprint density at radius 1 is 1.20 bits per heavy atom. The van der Waals surface area contributed by atoms with Gasteiger partial charge in [-0.05, 0) is 42.5 Å². The first kappa shape index (κ1) is 12.2. The van der Waals surface area contributed by atoms with E-state index in [4.69, 9.17) is 5.26 Å². The Morgan fingerprint density at radius 3 is 2.65 bits per heavy atom. The summed E-state index contributed by atoms with van der Waals surface area (Å²) in [6, 6.07) is 12.3. The fourth-order valence-corrected chi connectivity index (χ4v) is 2.18. The number of rotatable bonds is 2. The number of hydrogen-bond acceptors (Lipinski definition) is 3. The van der Waals surface area contributed by atoms with Crippen LogP contribution in [0, 0.1) is 17.1 Å². The molecule has 1 atom stereocenters. The summed E-state index contributed by atoms with van der Waals surface area (Å²) < 4.78 is 13.3. The summed E-state index contributed by atoms with van der Waals surface area (Å²) in [6.45, 7) is 0. The monoisotopic (exact) mass is 267 g/mol. The minimum Gasteiger partial charge on any atom is -0.370 e. The van der Waals surface area contributed by atoms with Crippen molar-refractivity contribution in [2.75, 3.05) is 10.6 Å². The Hall–Kier alpha value is -2.87. The first-order valence-corrected chi connectivity index (χ1v) is 6.04. The molecule has 1 aliphatic heterocycles. The van der Waals surface area contributed by atoms with Crippen LogP contribution in [-0.2, 0) is 4.79 Å². The Kier molecular flexibility index (Phi) is 2.84. The topological polar surface area (TPSA) is 64.9 Å². The highest BCUT2D eigenvalue weighted by atomic mass is 19.1.